The van der Waals surface area contributed by atoms with Crippen LogP contribution in [0.15, 0.2) is 30.3 Å². The second-order valence-corrected chi connectivity index (χ2v) is 7.09. The molecule has 0 N–H and O–H groups in total. The molecule has 0 spiro atoms. The first-order valence-corrected chi connectivity index (χ1v) is 7.59. The number of anilines is 1. The van der Waals surface area contributed by atoms with Gasteiger partial charge in [0.25, 0.3) is 0 Å². The maximum Gasteiger partial charge on any atom is 0.228 e. The average molecular weight is 272 g/mol. The highest BCUT2D eigenvalue weighted by Crippen LogP contribution is 2.35. The molecule has 0 saturated carbocycles. The molecule has 2 bridgehead atoms. The Morgan fingerprint density at radius 3 is 2.10 bits per heavy atom. The Balaban J connectivity index is 1.78. The monoisotopic (exact) mass is 272 g/mol. The quantitative estimate of drug-likeness (QED) is 0.785. The molecule has 108 valence electrons. The molecule has 2 fully saturated rings. The van der Waals surface area contributed by atoms with Crippen LogP contribution in [0.25, 0.3) is 0 Å². The summed E-state index contributed by atoms with van der Waals surface area (Å²) in [7, 11) is 0. The minimum atomic E-state index is -0.268. The lowest BCUT2D eigenvalue weighted by Crippen LogP contribution is -2.58. The molecule has 0 aliphatic carbocycles. The number of hydrogen-bond acceptors (Lipinski definition) is 2. The molecule has 1 amide bonds. The highest BCUT2D eigenvalue weighted by Gasteiger charge is 2.45. The van der Waals surface area contributed by atoms with Gasteiger partial charge in [-0.2, -0.15) is 0 Å². The molecule has 2 saturated heterocycles. The number of para-hydroxylation sites is 1. The zero-order valence-electron chi connectivity index (χ0n) is 12.7. The third kappa shape index (κ3) is 2.30. The van der Waals surface area contributed by atoms with E-state index in [2.05, 4.69) is 40.1 Å². The molecule has 3 nitrogen and oxygen atoms in total. The van der Waals surface area contributed by atoms with Crippen LogP contribution >= 0.6 is 0 Å². The van der Waals surface area contributed by atoms with E-state index in [4.69, 9.17) is 0 Å². The number of carbonyl (C=O) groups is 1. The second kappa shape index (κ2) is 4.80. The number of piperazine rings is 1. The molecule has 2 aliphatic heterocycles. The Morgan fingerprint density at radius 1 is 1.05 bits per heavy atom. The Morgan fingerprint density at radius 2 is 1.60 bits per heavy atom. The van der Waals surface area contributed by atoms with E-state index in [9.17, 15) is 4.79 Å². The van der Waals surface area contributed by atoms with Gasteiger partial charge < -0.3 is 9.80 Å². The van der Waals surface area contributed by atoms with E-state index < -0.39 is 0 Å². The normalized spacial score (nSPS) is 25.9. The number of hydrogen-bond donors (Lipinski definition) is 0. The number of benzene rings is 1. The van der Waals surface area contributed by atoms with Crippen molar-refractivity contribution in [3.05, 3.63) is 30.3 Å². The number of nitrogens with zero attached hydrogens (tertiary/aromatic N) is 2. The standard InChI is InChI=1S/C17H24N2O/c1-17(2,3)16(20)19-14-9-10-15(19)12-18(11-14)13-7-5-4-6-8-13/h4-8,14-15H,9-12H2,1-3H3. The summed E-state index contributed by atoms with van der Waals surface area (Å²) in [4.78, 5) is 17.3. The lowest BCUT2D eigenvalue weighted by atomic mass is 9.93. The summed E-state index contributed by atoms with van der Waals surface area (Å²) in [6, 6.07) is 11.3. The molecule has 3 heteroatoms. The van der Waals surface area contributed by atoms with Crippen LogP contribution in [-0.2, 0) is 4.79 Å². The van der Waals surface area contributed by atoms with Crippen LogP contribution in [0.4, 0.5) is 5.69 Å². The van der Waals surface area contributed by atoms with E-state index in [-0.39, 0.29) is 5.41 Å². The van der Waals surface area contributed by atoms with Gasteiger partial charge in [-0.3, -0.25) is 4.79 Å². The van der Waals surface area contributed by atoms with Crippen molar-refractivity contribution in [2.45, 2.75) is 45.7 Å². The first kappa shape index (κ1) is 13.5. The van der Waals surface area contributed by atoms with E-state index in [1.165, 1.54) is 5.69 Å². The molecule has 0 aromatic heterocycles. The van der Waals surface area contributed by atoms with Crippen molar-refractivity contribution in [1.29, 1.82) is 0 Å². The number of rotatable bonds is 1. The third-order valence-corrected chi connectivity index (χ3v) is 4.48. The van der Waals surface area contributed by atoms with Crippen molar-refractivity contribution in [2.75, 3.05) is 18.0 Å². The van der Waals surface area contributed by atoms with Crippen LogP contribution in [0, 0.1) is 5.41 Å². The fraction of sp³-hybridized carbons (Fsp3) is 0.588. The Kier molecular flexibility index (Phi) is 3.23. The Hall–Kier alpha value is -1.51. The summed E-state index contributed by atoms with van der Waals surface area (Å²) >= 11 is 0. The fourth-order valence-electron chi connectivity index (χ4n) is 3.47. The average Bonchev–Trinajstić information content (AvgIpc) is 2.67. The van der Waals surface area contributed by atoms with E-state index in [1.807, 2.05) is 20.8 Å². The van der Waals surface area contributed by atoms with E-state index in [0.29, 0.717) is 18.0 Å². The molecule has 1 aromatic carbocycles. The molecular formula is C17H24N2O. The lowest BCUT2D eigenvalue weighted by molar-refractivity contribution is -0.143. The first-order chi connectivity index (χ1) is 9.47. The highest BCUT2D eigenvalue weighted by molar-refractivity contribution is 5.83. The van der Waals surface area contributed by atoms with Gasteiger partial charge in [-0.15, -0.1) is 0 Å². The van der Waals surface area contributed by atoms with Crippen molar-refractivity contribution in [2.24, 2.45) is 5.41 Å². The molecule has 0 radical (unpaired) electrons. The minimum Gasteiger partial charge on any atom is -0.367 e. The molecule has 2 atom stereocenters. The van der Waals surface area contributed by atoms with Crippen molar-refractivity contribution < 1.29 is 4.79 Å². The lowest BCUT2D eigenvalue weighted by Gasteiger charge is -2.44. The van der Waals surface area contributed by atoms with E-state index in [0.717, 1.165) is 25.9 Å². The second-order valence-electron chi connectivity index (χ2n) is 7.09. The zero-order chi connectivity index (χ0) is 14.3. The summed E-state index contributed by atoms with van der Waals surface area (Å²) in [6.07, 6.45) is 2.30. The molecule has 20 heavy (non-hydrogen) atoms. The molecule has 2 aliphatic rings. The topological polar surface area (TPSA) is 23.6 Å². The van der Waals surface area contributed by atoms with Gasteiger partial charge in [0.2, 0.25) is 5.91 Å². The van der Waals surface area contributed by atoms with Crippen molar-refractivity contribution in [3.63, 3.8) is 0 Å². The first-order valence-electron chi connectivity index (χ1n) is 7.59. The summed E-state index contributed by atoms with van der Waals surface area (Å²) in [5.41, 5.74) is 1.02. The smallest absolute Gasteiger partial charge is 0.228 e. The number of carbonyl (C=O) groups excluding carboxylic acids is 1. The Bertz CT molecular complexity index is 477. The van der Waals surface area contributed by atoms with Crippen LogP contribution in [0.2, 0.25) is 0 Å². The molecule has 2 unspecified atom stereocenters. The van der Waals surface area contributed by atoms with Crippen LogP contribution in [-0.4, -0.2) is 36.0 Å². The predicted octanol–water partition coefficient (Wildman–Crippen LogP) is 2.91. The molecular weight excluding hydrogens is 248 g/mol. The van der Waals surface area contributed by atoms with Crippen LogP contribution in [0.1, 0.15) is 33.6 Å². The van der Waals surface area contributed by atoms with Crippen LogP contribution in [0.3, 0.4) is 0 Å². The van der Waals surface area contributed by atoms with Gasteiger partial charge in [0.1, 0.15) is 0 Å². The summed E-state index contributed by atoms with van der Waals surface area (Å²) < 4.78 is 0. The van der Waals surface area contributed by atoms with Gasteiger partial charge in [0.05, 0.1) is 0 Å². The van der Waals surface area contributed by atoms with Crippen molar-refractivity contribution in [3.8, 4) is 0 Å². The molecule has 1 aromatic rings. The number of amides is 1. The maximum absolute atomic E-state index is 12.6. The van der Waals surface area contributed by atoms with Gasteiger partial charge >= 0.3 is 0 Å². The summed E-state index contributed by atoms with van der Waals surface area (Å²) in [5.74, 6) is 0.317. The largest absolute Gasteiger partial charge is 0.367 e. The van der Waals surface area contributed by atoms with E-state index >= 15 is 0 Å². The van der Waals surface area contributed by atoms with E-state index in [1.54, 1.807) is 0 Å². The van der Waals surface area contributed by atoms with Crippen LogP contribution in [0.5, 0.6) is 0 Å². The third-order valence-electron chi connectivity index (χ3n) is 4.48. The van der Waals surface area contributed by atoms with Gasteiger partial charge in [-0.05, 0) is 25.0 Å². The van der Waals surface area contributed by atoms with Crippen LogP contribution < -0.4 is 4.90 Å². The van der Waals surface area contributed by atoms with Gasteiger partial charge in [0.15, 0.2) is 0 Å². The van der Waals surface area contributed by atoms with Crippen molar-refractivity contribution in [1.82, 2.24) is 4.90 Å². The fourth-order valence-corrected chi connectivity index (χ4v) is 3.47. The van der Waals surface area contributed by atoms with Gasteiger partial charge in [-0.1, -0.05) is 39.0 Å². The maximum atomic E-state index is 12.6. The van der Waals surface area contributed by atoms with Crippen molar-refractivity contribution >= 4 is 11.6 Å². The van der Waals surface area contributed by atoms with Gasteiger partial charge in [0, 0.05) is 36.3 Å². The minimum absolute atomic E-state index is 0.268. The SMILES string of the molecule is CC(C)(C)C(=O)N1C2CCC1CN(c1ccccc1)C2. The summed E-state index contributed by atoms with van der Waals surface area (Å²) in [5, 5.41) is 0. The zero-order valence-corrected chi connectivity index (χ0v) is 12.7. The molecule has 3 rings (SSSR count). The summed E-state index contributed by atoms with van der Waals surface area (Å²) in [6.45, 7) is 8.03. The number of fused-ring (bicyclic) bond motifs is 2. The predicted molar refractivity (Wildman–Crippen MR) is 81.8 cm³/mol. The highest BCUT2D eigenvalue weighted by atomic mass is 16.2. The Labute approximate surface area is 121 Å². The van der Waals surface area contributed by atoms with Gasteiger partial charge in [-0.25, -0.2) is 0 Å². The molecule has 2 heterocycles.